The van der Waals surface area contributed by atoms with E-state index in [1.807, 2.05) is 80.6 Å². The number of nitrogens with zero attached hydrogens (tertiary/aromatic N) is 1. The monoisotopic (exact) mass is 472 g/mol. The van der Waals surface area contributed by atoms with Crippen molar-refractivity contribution in [2.75, 3.05) is 18.4 Å². The van der Waals surface area contributed by atoms with Crippen LogP contribution in [0.2, 0.25) is 0 Å². The van der Waals surface area contributed by atoms with E-state index in [0.29, 0.717) is 30.9 Å². The standard InChI is InChI=1S/C28H32N4O3/c1-19(2)30-28(35)31-23-14-12-20(13-15-23)17-29-26(33)22-9-6-16-32(18-22)27(34)25-11-5-8-21-7-3-4-10-24(21)25/h3-5,7-8,10-15,19,22H,6,9,16-18H2,1-2H3,(H,29,33)(H2,30,31,35). The zero-order valence-electron chi connectivity index (χ0n) is 20.2. The molecule has 7 heteroatoms. The van der Waals surface area contributed by atoms with E-state index < -0.39 is 0 Å². The van der Waals surface area contributed by atoms with E-state index >= 15 is 0 Å². The van der Waals surface area contributed by atoms with Crippen LogP contribution in [0.3, 0.4) is 0 Å². The van der Waals surface area contributed by atoms with Crippen molar-refractivity contribution in [2.45, 2.75) is 39.3 Å². The maximum atomic E-state index is 13.3. The van der Waals surface area contributed by atoms with Crippen molar-refractivity contribution >= 4 is 34.3 Å². The minimum Gasteiger partial charge on any atom is -0.352 e. The van der Waals surface area contributed by atoms with Crippen molar-refractivity contribution in [1.29, 1.82) is 0 Å². The van der Waals surface area contributed by atoms with Gasteiger partial charge in [-0.15, -0.1) is 0 Å². The molecule has 1 heterocycles. The normalized spacial score (nSPS) is 15.6. The van der Waals surface area contributed by atoms with Gasteiger partial charge >= 0.3 is 6.03 Å². The number of likely N-dealkylation sites (tertiary alicyclic amines) is 1. The van der Waals surface area contributed by atoms with Crippen LogP contribution < -0.4 is 16.0 Å². The smallest absolute Gasteiger partial charge is 0.319 e. The highest BCUT2D eigenvalue weighted by molar-refractivity contribution is 6.07. The van der Waals surface area contributed by atoms with Gasteiger partial charge in [0.05, 0.1) is 5.92 Å². The number of piperidine rings is 1. The maximum absolute atomic E-state index is 13.3. The number of carbonyl (C=O) groups excluding carboxylic acids is 3. The summed E-state index contributed by atoms with van der Waals surface area (Å²) in [6.07, 6.45) is 1.56. The summed E-state index contributed by atoms with van der Waals surface area (Å²) in [4.78, 5) is 39.8. The first-order valence-electron chi connectivity index (χ1n) is 12.1. The minimum atomic E-state index is -0.249. The Balaban J connectivity index is 1.32. The number of hydrogen-bond acceptors (Lipinski definition) is 3. The topological polar surface area (TPSA) is 90.5 Å². The third-order valence-corrected chi connectivity index (χ3v) is 6.20. The summed E-state index contributed by atoms with van der Waals surface area (Å²) in [7, 11) is 0. The second kappa shape index (κ2) is 11.0. The average Bonchev–Trinajstić information content (AvgIpc) is 2.87. The Kier molecular flexibility index (Phi) is 7.65. The fourth-order valence-electron chi connectivity index (χ4n) is 4.43. The molecule has 4 amide bonds. The van der Waals surface area contributed by atoms with Gasteiger partial charge in [0.25, 0.3) is 5.91 Å². The molecule has 1 aliphatic heterocycles. The molecule has 7 nitrogen and oxygen atoms in total. The van der Waals surface area contributed by atoms with Crippen molar-refractivity contribution in [2.24, 2.45) is 5.92 Å². The second-order valence-electron chi connectivity index (χ2n) is 9.28. The number of carbonyl (C=O) groups is 3. The minimum absolute atomic E-state index is 0.0242. The lowest BCUT2D eigenvalue weighted by Crippen LogP contribution is -2.45. The first-order chi connectivity index (χ1) is 16.9. The van der Waals surface area contributed by atoms with Gasteiger partial charge in [-0.1, -0.05) is 48.5 Å². The van der Waals surface area contributed by atoms with E-state index in [2.05, 4.69) is 16.0 Å². The molecule has 3 N–H and O–H groups in total. The Bertz CT molecular complexity index is 1200. The summed E-state index contributed by atoms with van der Waals surface area (Å²) in [5, 5.41) is 10.5. The maximum Gasteiger partial charge on any atom is 0.319 e. The Labute approximate surface area is 205 Å². The van der Waals surface area contributed by atoms with Crippen LogP contribution in [0.5, 0.6) is 0 Å². The number of fused-ring (bicyclic) bond motifs is 1. The van der Waals surface area contributed by atoms with E-state index in [0.717, 1.165) is 29.2 Å². The van der Waals surface area contributed by atoms with Crippen LogP contribution in [0.15, 0.2) is 66.7 Å². The molecule has 1 saturated heterocycles. The van der Waals surface area contributed by atoms with Gasteiger partial charge in [-0.05, 0) is 61.2 Å². The van der Waals surface area contributed by atoms with Crippen molar-refractivity contribution in [3.05, 3.63) is 77.9 Å². The predicted octanol–water partition coefficient (Wildman–Crippen LogP) is 4.54. The molecule has 3 aromatic carbocycles. The van der Waals surface area contributed by atoms with Crippen LogP contribution in [-0.2, 0) is 11.3 Å². The molecule has 1 fully saturated rings. The zero-order chi connectivity index (χ0) is 24.8. The van der Waals surface area contributed by atoms with Gasteiger partial charge in [0, 0.05) is 36.9 Å². The van der Waals surface area contributed by atoms with Crippen LogP contribution in [0.25, 0.3) is 10.8 Å². The molecule has 3 aromatic rings. The Morgan fingerprint density at radius 3 is 2.49 bits per heavy atom. The zero-order valence-corrected chi connectivity index (χ0v) is 20.2. The molecule has 0 aliphatic carbocycles. The molecule has 0 radical (unpaired) electrons. The fraction of sp³-hybridized carbons (Fsp3) is 0.321. The van der Waals surface area contributed by atoms with Crippen LogP contribution in [0.4, 0.5) is 10.5 Å². The van der Waals surface area contributed by atoms with Crippen LogP contribution in [0.1, 0.15) is 42.6 Å². The highest BCUT2D eigenvalue weighted by Crippen LogP contribution is 2.24. The molecule has 1 atom stereocenters. The Morgan fingerprint density at radius 2 is 1.71 bits per heavy atom. The van der Waals surface area contributed by atoms with E-state index in [4.69, 9.17) is 0 Å². The highest BCUT2D eigenvalue weighted by Gasteiger charge is 2.29. The number of rotatable bonds is 6. The third kappa shape index (κ3) is 6.18. The van der Waals surface area contributed by atoms with Crippen LogP contribution in [0, 0.1) is 5.92 Å². The van der Waals surface area contributed by atoms with Gasteiger partial charge in [-0.3, -0.25) is 9.59 Å². The predicted molar refractivity (Wildman–Crippen MR) is 138 cm³/mol. The van der Waals surface area contributed by atoms with E-state index in [1.165, 1.54) is 0 Å². The Hall–Kier alpha value is -3.87. The van der Waals surface area contributed by atoms with Crippen LogP contribution >= 0.6 is 0 Å². The quantitative estimate of drug-likeness (QED) is 0.492. The lowest BCUT2D eigenvalue weighted by molar-refractivity contribution is -0.126. The van der Waals surface area contributed by atoms with Gasteiger partial charge in [0.2, 0.25) is 5.91 Å². The number of nitrogens with one attached hydrogen (secondary N) is 3. The summed E-state index contributed by atoms with van der Waals surface area (Å²) < 4.78 is 0. The number of hydrogen-bond donors (Lipinski definition) is 3. The Morgan fingerprint density at radius 1 is 0.971 bits per heavy atom. The van der Waals surface area contributed by atoms with E-state index in [1.54, 1.807) is 4.90 Å². The molecule has 182 valence electrons. The number of anilines is 1. The van der Waals surface area contributed by atoms with Crippen LogP contribution in [-0.4, -0.2) is 41.9 Å². The summed E-state index contributed by atoms with van der Waals surface area (Å²) in [5.74, 6) is -0.300. The van der Waals surface area contributed by atoms with Crippen molar-refractivity contribution < 1.29 is 14.4 Å². The molecular weight excluding hydrogens is 440 g/mol. The summed E-state index contributed by atoms with van der Waals surface area (Å²) in [5.41, 5.74) is 2.31. The van der Waals surface area contributed by atoms with E-state index in [9.17, 15) is 14.4 Å². The van der Waals surface area contributed by atoms with Gasteiger partial charge in [-0.25, -0.2) is 4.79 Å². The first-order valence-corrected chi connectivity index (χ1v) is 12.1. The van der Waals surface area contributed by atoms with Gasteiger partial charge in [0.1, 0.15) is 0 Å². The SMILES string of the molecule is CC(C)NC(=O)Nc1ccc(CNC(=O)C2CCCN(C(=O)c3cccc4ccccc34)C2)cc1. The van der Waals surface area contributed by atoms with Crippen molar-refractivity contribution in [3.63, 3.8) is 0 Å². The molecule has 0 aromatic heterocycles. The largest absolute Gasteiger partial charge is 0.352 e. The molecule has 0 spiro atoms. The molecule has 0 saturated carbocycles. The summed E-state index contributed by atoms with van der Waals surface area (Å²) in [6, 6.07) is 20.8. The van der Waals surface area contributed by atoms with Crippen molar-refractivity contribution in [1.82, 2.24) is 15.5 Å². The molecule has 0 bridgehead atoms. The molecule has 1 aliphatic rings. The van der Waals surface area contributed by atoms with Gasteiger partial charge in [-0.2, -0.15) is 0 Å². The number of benzene rings is 3. The van der Waals surface area contributed by atoms with Gasteiger partial charge in [0.15, 0.2) is 0 Å². The van der Waals surface area contributed by atoms with Gasteiger partial charge < -0.3 is 20.9 Å². The first kappa shape index (κ1) is 24.3. The lowest BCUT2D eigenvalue weighted by atomic mass is 9.95. The average molecular weight is 473 g/mol. The molecule has 1 unspecified atom stereocenters. The third-order valence-electron chi connectivity index (χ3n) is 6.20. The number of urea groups is 1. The van der Waals surface area contributed by atoms with E-state index in [-0.39, 0.29) is 29.8 Å². The lowest BCUT2D eigenvalue weighted by Gasteiger charge is -2.32. The summed E-state index contributed by atoms with van der Waals surface area (Å²) >= 11 is 0. The summed E-state index contributed by atoms with van der Waals surface area (Å²) in [6.45, 7) is 5.27. The molecule has 35 heavy (non-hydrogen) atoms. The van der Waals surface area contributed by atoms with Crippen molar-refractivity contribution in [3.8, 4) is 0 Å². The molecular formula is C28H32N4O3. The fourth-order valence-corrected chi connectivity index (χ4v) is 4.43. The molecule has 4 rings (SSSR count). The second-order valence-corrected chi connectivity index (χ2v) is 9.28. The number of amides is 4. The highest BCUT2D eigenvalue weighted by atomic mass is 16.2.